The summed E-state index contributed by atoms with van der Waals surface area (Å²) in [5.41, 5.74) is 5.79. The fourth-order valence-electron chi connectivity index (χ4n) is 2.94. The number of rotatable bonds is 4. The molecule has 27 heavy (non-hydrogen) atoms. The summed E-state index contributed by atoms with van der Waals surface area (Å²) < 4.78 is 5.71. The number of anilines is 1. The van der Waals surface area contributed by atoms with Crippen molar-refractivity contribution in [1.82, 2.24) is 25.1 Å². The summed E-state index contributed by atoms with van der Waals surface area (Å²) in [7, 11) is 0. The summed E-state index contributed by atoms with van der Waals surface area (Å²) in [6.07, 6.45) is 4.31. The monoisotopic (exact) mass is 409 g/mol. The van der Waals surface area contributed by atoms with Gasteiger partial charge in [-0.15, -0.1) is 5.10 Å². The molecule has 1 fully saturated rings. The third kappa shape index (κ3) is 3.51. The number of nitrogens with one attached hydrogen (secondary N) is 1. The molecule has 1 aliphatic heterocycles. The van der Waals surface area contributed by atoms with E-state index < -0.39 is 5.60 Å². The van der Waals surface area contributed by atoms with Crippen LogP contribution in [-0.4, -0.2) is 55.5 Å². The van der Waals surface area contributed by atoms with Crippen LogP contribution in [0.15, 0.2) is 18.5 Å². The number of halogens is 2. The second kappa shape index (κ2) is 7.08. The number of hydrogen-bond donors (Lipinski definition) is 3. The first-order valence-corrected chi connectivity index (χ1v) is 9.11. The van der Waals surface area contributed by atoms with Crippen molar-refractivity contribution in [3.05, 3.63) is 28.6 Å². The summed E-state index contributed by atoms with van der Waals surface area (Å²) in [5, 5.41) is 17.5. The molecule has 0 bridgehead atoms. The molecular weight excluding hydrogens is 393 g/mol. The van der Waals surface area contributed by atoms with Crippen molar-refractivity contribution < 1.29 is 9.84 Å². The highest BCUT2D eigenvalue weighted by Gasteiger charge is 2.31. The number of hydrogen-bond acceptors (Lipinski definition) is 8. The highest BCUT2D eigenvalue weighted by molar-refractivity contribution is 6.42. The van der Waals surface area contributed by atoms with Crippen LogP contribution in [0.3, 0.4) is 0 Å². The topological polar surface area (TPSA) is 126 Å². The smallest absolute Gasteiger partial charge is 0.266 e. The highest BCUT2D eigenvalue weighted by Crippen LogP contribution is 2.34. The molecule has 4 heterocycles. The number of H-pyrrole nitrogens is 1. The first-order chi connectivity index (χ1) is 13.0. The standard InChI is InChI=1S/C16H17Cl2N7O2/c17-11-9(1-4-20-13(11)18)27-15-12-14(23-24-15)22-10(7-21-12)25-5-2-16(26,8-19)3-6-25/h1,4,7,26H,2-3,5-6,8,19H2,(H,22,23,24). The molecule has 0 radical (unpaired) electrons. The maximum atomic E-state index is 10.3. The van der Waals surface area contributed by atoms with Crippen LogP contribution in [0, 0.1) is 0 Å². The first kappa shape index (κ1) is 18.2. The normalized spacial score (nSPS) is 16.7. The Balaban J connectivity index is 1.56. The third-order valence-electron chi connectivity index (χ3n) is 4.64. The SMILES string of the molecule is NCC1(O)CCN(c2cnc3c(Oc4ccnc(Cl)c4Cl)n[nH]c3n2)CC1. The average molecular weight is 410 g/mol. The van der Waals surface area contributed by atoms with Crippen molar-refractivity contribution >= 4 is 40.2 Å². The molecule has 142 valence electrons. The molecular formula is C16H17Cl2N7O2. The van der Waals surface area contributed by atoms with E-state index in [0.717, 1.165) is 0 Å². The van der Waals surface area contributed by atoms with Crippen LogP contribution in [0.5, 0.6) is 11.6 Å². The van der Waals surface area contributed by atoms with Gasteiger partial charge in [-0.1, -0.05) is 23.2 Å². The van der Waals surface area contributed by atoms with Crippen LogP contribution < -0.4 is 15.4 Å². The van der Waals surface area contributed by atoms with E-state index in [9.17, 15) is 5.11 Å². The zero-order valence-corrected chi connectivity index (χ0v) is 15.7. The lowest BCUT2D eigenvalue weighted by Crippen LogP contribution is -2.49. The number of aromatic amines is 1. The summed E-state index contributed by atoms with van der Waals surface area (Å²) in [6, 6.07) is 1.59. The van der Waals surface area contributed by atoms with Gasteiger partial charge in [0.05, 0.1) is 11.8 Å². The maximum absolute atomic E-state index is 10.3. The van der Waals surface area contributed by atoms with Gasteiger partial charge in [0, 0.05) is 31.9 Å². The van der Waals surface area contributed by atoms with E-state index in [1.807, 2.05) is 0 Å². The Morgan fingerprint density at radius 3 is 2.81 bits per heavy atom. The summed E-state index contributed by atoms with van der Waals surface area (Å²) in [5.74, 6) is 1.26. The average Bonchev–Trinajstić information content (AvgIpc) is 3.08. The van der Waals surface area contributed by atoms with Crippen LogP contribution in [0.4, 0.5) is 5.82 Å². The number of piperidine rings is 1. The Hall–Kier alpha value is -2.20. The van der Waals surface area contributed by atoms with Gasteiger partial charge in [0.15, 0.2) is 22.1 Å². The minimum atomic E-state index is -0.798. The van der Waals surface area contributed by atoms with Gasteiger partial charge in [-0.05, 0) is 12.8 Å². The number of pyridine rings is 1. The number of ether oxygens (including phenoxy) is 1. The van der Waals surface area contributed by atoms with Gasteiger partial charge in [0.25, 0.3) is 5.88 Å². The fourth-order valence-corrected chi connectivity index (χ4v) is 3.24. The molecule has 4 N–H and O–H groups in total. The lowest BCUT2D eigenvalue weighted by Gasteiger charge is -2.37. The Morgan fingerprint density at radius 1 is 1.30 bits per heavy atom. The van der Waals surface area contributed by atoms with Gasteiger partial charge in [-0.25, -0.2) is 15.0 Å². The zero-order valence-electron chi connectivity index (χ0n) is 14.2. The molecule has 0 saturated carbocycles. The van der Waals surface area contributed by atoms with Gasteiger partial charge in [0.2, 0.25) is 0 Å². The van der Waals surface area contributed by atoms with Crippen LogP contribution in [0.1, 0.15) is 12.8 Å². The quantitative estimate of drug-likeness (QED) is 0.559. The number of nitrogens with zero attached hydrogens (tertiary/aromatic N) is 5. The van der Waals surface area contributed by atoms with E-state index in [0.29, 0.717) is 48.7 Å². The van der Waals surface area contributed by atoms with Gasteiger partial charge in [-0.3, -0.25) is 5.10 Å². The Bertz CT molecular complexity index is 973. The predicted octanol–water partition coefficient (Wildman–Crippen LogP) is 2.14. The van der Waals surface area contributed by atoms with E-state index in [2.05, 4.69) is 30.0 Å². The second-order valence-electron chi connectivity index (χ2n) is 6.39. The van der Waals surface area contributed by atoms with Crippen LogP contribution in [-0.2, 0) is 0 Å². The molecule has 0 unspecified atom stereocenters. The maximum Gasteiger partial charge on any atom is 0.266 e. The van der Waals surface area contributed by atoms with Crippen molar-refractivity contribution in [3.8, 4) is 11.6 Å². The molecule has 4 rings (SSSR count). The molecule has 0 atom stereocenters. The van der Waals surface area contributed by atoms with E-state index in [4.69, 9.17) is 33.7 Å². The fraction of sp³-hybridized carbons (Fsp3) is 0.375. The van der Waals surface area contributed by atoms with Gasteiger partial charge < -0.3 is 20.5 Å². The molecule has 0 amide bonds. The van der Waals surface area contributed by atoms with E-state index in [-0.39, 0.29) is 22.6 Å². The number of aromatic nitrogens is 5. The third-order valence-corrected chi connectivity index (χ3v) is 5.39. The Morgan fingerprint density at radius 2 is 2.07 bits per heavy atom. The van der Waals surface area contributed by atoms with Crippen molar-refractivity contribution in [2.24, 2.45) is 5.73 Å². The van der Waals surface area contributed by atoms with Crippen LogP contribution in [0.25, 0.3) is 11.2 Å². The number of fused-ring (bicyclic) bond motifs is 1. The van der Waals surface area contributed by atoms with Crippen LogP contribution in [0.2, 0.25) is 10.2 Å². The van der Waals surface area contributed by atoms with E-state index in [1.54, 1.807) is 12.3 Å². The lowest BCUT2D eigenvalue weighted by atomic mass is 9.92. The van der Waals surface area contributed by atoms with Crippen molar-refractivity contribution in [2.45, 2.75) is 18.4 Å². The van der Waals surface area contributed by atoms with Crippen molar-refractivity contribution in [1.29, 1.82) is 0 Å². The molecule has 3 aromatic rings. The van der Waals surface area contributed by atoms with Gasteiger partial charge in [-0.2, -0.15) is 0 Å². The minimum Gasteiger partial charge on any atom is -0.434 e. The van der Waals surface area contributed by atoms with Gasteiger partial charge >= 0.3 is 0 Å². The van der Waals surface area contributed by atoms with E-state index in [1.165, 1.54) is 6.20 Å². The Kier molecular flexibility index (Phi) is 4.77. The largest absolute Gasteiger partial charge is 0.434 e. The number of aliphatic hydroxyl groups is 1. The van der Waals surface area contributed by atoms with Crippen molar-refractivity contribution in [2.75, 3.05) is 24.5 Å². The molecule has 0 aromatic carbocycles. The zero-order chi connectivity index (χ0) is 19.0. The molecule has 11 heteroatoms. The van der Waals surface area contributed by atoms with Crippen molar-refractivity contribution in [3.63, 3.8) is 0 Å². The molecule has 1 aliphatic rings. The second-order valence-corrected chi connectivity index (χ2v) is 7.12. The predicted molar refractivity (Wildman–Crippen MR) is 101 cm³/mol. The summed E-state index contributed by atoms with van der Waals surface area (Å²) in [6.45, 7) is 1.56. The first-order valence-electron chi connectivity index (χ1n) is 8.35. The summed E-state index contributed by atoms with van der Waals surface area (Å²) >= 11 is 12.0. The Labute approximate surface area is 164 Å². The lowest BCUT2D eigenvalue weighted by molar-refractivity contribution is 0.0249. The minimum absolute atomic E-state index is 0.143. The molecule has 1 saturated heterocycles. The number of nitrogens with two attached hydrogens (primary N) is 1. The van der Waals surface area contributed by atoms with Gasteiger partial charge in [0.1, 0.15) is 10.8 Å². The van der Waals surface area contributed by atoms with E-state index >= 15 is 0 Å². The molecule has 9 nitrogen and oxygen atoms in total. The van der Waals surface area contributed by atoms with Crippen LogP contribution >= 0.6 is 23.2 Å². The molecule has 3 aromatic heterocycles. The molecule has 0 spiro atoms. The highest BCUT2D eigenvalue weighted by atomic mass is 35.5. The molecule has 0 aliphatic carbocycles. The summed E-state index contributed by atoms with van der Waals surface area (Å²) in [4.78, 5) is 14.9.